The largest absolute Gasteiger partial charge is 0.378 e. The van der Waals surface area contributed by atoms with Crippen LogP contribution in [0.4, 0.5) is 0 Å². The first-order valence-electron chi connectivity index (χ1n) is 3.67. The van der Waals surface area contributed by atoms with E-state index in [0.29, 0.717) is 26.3 Å². The van der Waals surface area contributed by atoms with Crippen LogP contribution in [0, 0.1) is 0 Å². The Labute approximate surface area is 65.8 Å². The lowest BCUT2D eigenvalue weighted by Crippen LogP contribution is -2.65. The molecule has 0 bridgehead atoms. The van der Waals surface area contributed by atoms with Crippen molar-refractivity contribution in [3.8, 4) is 0 Å². The molecule has 2 aliphatic heterocycles. The SMILES string of the molecule is O=S1(=O)CCNCC12COC2. The van der Waals surface area contributed by atoms with Crippen LogP contribution in [0.2, 0.25) is 0 Å². The molecule has 5 heteroatoms. The van der Waals surface area contributed by atoms with Crippen LogP contribution in [-0.2, 0) is 14.6 Å². The van der Waals surface area contributed by atoms with Crippen molar-refractivity contribution in [3.63, 3.8) is 0 Å². The van der Waals surface area contributed by atoms with E-state index in [9.17, 15) is 8.42 Å². The van der Waals surface area contributed by atoms with E-state index in [-0.39, 0.29) is 5.75 Å². The van der Waals surface area contributed by atoms with Gasteiger partial charge in [0.15, 0.2) is 9.84 Å². The first-order chi connectivity index (χ1) is 5.16. The minimum absolute atomic E-state index is 0.260. The van der Waals surface area contributed by atoms with Crippen molar-refractivity contribution in [3.05, 3.63) is 0 Å². The zero-order chi connectivity index (χ0) is 7.95. The first kappa shape index (κ1) is 7.52. The monoisotopic (exact) mass is 177 g/mol. The van der Waals surface area contributed by atoms with Crippen LogP contribution in [0.5, 0.6) is 0 Å². The fourth-order valence-electron chi connectivity index (χ4n) is 1.46. The first-order valence-corrected chi connectivity index (χ1v) is 5.32. The van der Waals surface area contributed by atoms with Crippen molar-refractivity contribution in [1.29, 1.82) is 0 Å². The highest BCUT2D eigenvalue weighted by molar-refractivity contribution is 7.93. The van der Waals surface area contributed by atoms with Crippen LogP contribution in [0.15, 0.2) is 0 Å². The molecule has 0 aromatic rings. The van der Waals surface area contributed by atoms with Crippen molar-refractivity contribution >= 4 is 9.84 Å². The maximum atomic E-state index is 11.5. The zero-order valence-electron chi connectivity index (χ0n) is 6.17. The fraction of sp³-hybridized carbons (Fsp3) is 1.00. The second-order valence-corrected chi connectivity index (χ2v) is 5.68. The summed E-state index contributed by atoms with van der Waals surface area (Å²) in [6.45, 7) is 1.91. The summed E-state index contributed by atoms with van der Waals surface area (Å²) in [6.07, 6.45) is 0. The summed E-state index contributed by atoms with van der Waals surface area (Å²) in [5.41, 5.74) is 0. The molecule has 1 N–H and O–H groups in total. The maximum absolute atomic E-state index is 11.5. The van der Waals surface area contributed by atoms with Gasteiger partial charge in [0.05, 0.1) is 19.0 Å². The maximum Gasteiger partial charge on any atom is 0.163 e. The van der Waals surface area contributed by atoms with Crippen LogP contribution < -0.4 is 5.32 Å². The number of hydrogen-bond donors (Lipinski definition) is 1. The fourth-order valence-corrected chi connectivity index (χ4v) is 3.15. The normalized spacial score (nSPS) is 33.1. The van der Waals surface area contributed by atoms with Crippen molar-refractivity contribution in [2.75, 3.05) is 32.1 Å². The minimum Gasteiger partial charge on any atom is -0.378 e. The van der Waals surface area contributed by atoms with Gasteiger partial charge >= 0.3 is 0 Å². The van der Waals surface area contributed by atoms with Crippen LogP contribution in [0.25, 0.3) is 0 Å². The van der Waals surface area contributed by atoms with E-state index in [4.69, 9.17) is 4.74 Å². The smallest absolute Gasteiger partial charge is 0.163 e. The van der Waals surface area contributed by atoms with Gasteiger partial charge in [-0.3, -0.25) is 0 Å². The third-order valence-corrected chi connectivity index (χ3v) is 4.83. The lowest BCUT2D eigenvalue weighted by Gasteiger charge is -2.43. The van der Waals surface area contributed by atoms with Gasteiger partial charge in [-0.15, -0.1) is 0 Å². The van der Waals surface area contributed by atoms with E-state index in [1.807, 2.05) is 0 Å². The summed E-state index contributed by atoms with van der Waals surface area (Å²) in [5, 5.41) is 3.07. The van der Waals surface area contributed by atoms with E-state index in [1.165, 1.54) is 0 Å². The van der Waals surface area contributed by atoms with Gasteiger partial charge in [-0.25, -0.2) is 8.42 Å². The summed E-state index contributed by atoms with van der Waals surface area (Å²) in [4.78, 5) is 0. The molecule has 0 amide bonds. The molecule has 0 aliphatic carbocycles. The molecule has 2 aliphatic rings. The highest BCUT2D eigenvalue weighted by Gasteiger charge is 2.51. The van der Waals surface area contributed by atoms with Gasteiger partial charge in [0, 0.05) is 13.1 Å². The number of hydrogen-bond acceptors (Lipinski definition) is 4. The summed E-state index contributed by atoms with van der Waals surface area (Å²) >= 11 is 0. The molecule has 0 radical (unpaired) electrons. The molecule has 4 nitrogen and oxygen atoms in total. The summed E-state index contributed by atoms with van der Waals surface area (Å²) in [5.74, 6) is 0.260. The quantitative estimate of drug-likeness (QED) is 0.503. The molecular formula is C6H11NO3S. The van der Waals surface area contributed by atoms with Gasteiger partial charge in [0.2, 0.25) is 0 Å². The molecule has 0 aromatic carbocycles. The molecule has 2 rings (SSSR count). The Kier molecular flexibility index (Phi) is 1.49. The van der Waals surface area contributed by atoms with E-state index in [0.717, 1.165) is 0 Å². The Hall–Kier alpha value is -0.130. The molecule has 11 heavy (non-hydrogen) atoms. The van der Waals surface area contributed by atoms with Crippen LogP contribution in [0.1, 0.15) is 0 Å². The Bertz CT molecular complexity index is 255. The zero-order valence-corrected chi connectivity index (χ0v) is 6.99. The van der Waals surface area contributed by atoms with E-state index in [1.54, 1.807) is 0 Å². The highest BCUT2D eigenvalue weighted by Crippen LogP contribution is 2.28. The lowest BCUT2D eigenvalue weighted by molar-refractivity contribution is -0.0144. The van der Waals surface area contributed by atoms with Gasteiger partial charge in [0.1, 0.15) is 4.75 Å². The van der Waals surface area contributed by atoms with Crippen molar-refractivity contribution < 1.29 is 13.2 Å². The molecule has 0 aromatic heterocycles. The molecule has 2 saturated heterocycles. The molecular weight excluding hydrogens is 166 g/mol. The third-order valence-electron chi connectivity index (χ3n) is 2.38. The predicted molar refractivity (Wildman–Crippen MR) is 40.2 cm³/mol. The highest BCUT2D eigenvalue weighted by atomic mass is 32.2. The lowest BCUT2D eigenvalue weighted by atomic mass is 10.1. The van der Waals surface area contributed by atoms with E-state index < -0.39 is 14.6 Å². The molecule has 0 atom stereocenters. The Balaban J connectivity index is 2.29. The average molecular weight is 177 g/mol. The van der Waals surface area contributed by atoms with Crippen LogP contribution in [-0.4, -0.2) is 45.2 Å². The van der Waals surface area contributed by atoms with Crippen molar-refractivity contribution in [2.45, 2.75) is 4.75 Å². The van der Waals surface area contributed by atoms with Gasteiger partial charge in [0.25, 0.3) is 0 Å². The van der Waals surface area contributed by atoms with E-state index >= 15 is 0 Å². The van der Waals surface area contributed by atoms with Crippen LogP contribution >= 0.6 is 0 Å². The van der Waals surface area contributed by atoms with Gasteiger partial charge in [-0.1, -0.05) is 0 Å². The third kappa shape index (κ3) is 0.913. The van der Waals surface area contributed by atoms with Gasteiger partial charge < -0.3 is 10.1 Å². The Morgan fingerprint density at radius 1 is 1.36 bits per heavy atom. The van der Waals surface area contributed by atoms with Gasteiger partial charge in [-0.2, -0.15) is 0 Å². The Morgan fingerprint density at radius 2 is 2.09 bits per heavy atom. The molecule has 2 fully saturated rings. The molecule has 0 unspecified atom stereocenters. The second-order valence-electron chi connectivity index (χ2n) is 3.17. The summed E-state index contributed by atoms with van der Waals surface area (Å²) in [6, 6.07) is 0. The van der Waals surface area contributed by atoms with Gasteiger partial charge in [-0.05, 0) is 0 Å². The minimum atomic E-state index is -2.87. The number of sulfone groups is 1. The topological polar surface area (TPSA) is 55.4 Å². The molecule has 1 spiro atoms. The standard InChI is InChI=1S/C6H11NO3S/c8-11(9)2-1-7-3-6(11)4-10-5-6/h7H,1-5H2. The molecule has 0 saturated carbocycles. The average Bonchev–Trinajstić information content (AvgIpc) is 1.83. The summed E-state index contributed by atoms with van der Waals surface area (Å²) < 4.78 is 27.3. The summed E-state index contributed by atoms with van der Waals surface area (Å²) in [7, 11) is -2.87. The van der Waals surface area contributed by atoms with Crippen molar-refractivity contribution in [1.82, 2.24) is 5.32 Å². The number of ether oxygens (including phenoxy) is 1. The molecule has 2 heterocycles. The van der Waals surface area contributed by atoms with Crippen molar-refractivity contribution in [2.24, 2.45) is 0 Å². The number of rotatable bonds is 0. The second kappa shape index (κ2) is 2.18. The number of nitrogens with one attached hydrogen (secondary N) is 1. The van der Waals surface area contributed by atoms with E-state index in [2.05, 4.69) is 5.32 Å². The Morgan fingerprint density at radius 3 is 2.45 bits per heavy atom. The predicted octanol–water partition coefficient (Wildman–Crippen LogP) is -1.23. The van der Waals surface area contributed by atoms with Crippen LogP contribution in [0.3, 0.4) is 0 Å². The molecule has 64 valence electrons.